The van der Waals surface area contributed by atoms with Crippen LogP contribution in [0.2, 0.25) is 0 Å². The molecule has 0 aliphatic rings. The molecule has 15 heavy (non-hydrogen) atoms. The smallest absolute Gasteiger partial charge is 0.150 e. The Kier molecular flexibility index (Phi) is 7.18. The monoisotopic (exact) mass is 236 g/mol. The summed E-state index contributed by atoms with van der Waals surface area (Å²) < 4.78 is 22.3. The second-order valence-electron chi connectivity index (χ2n) is 4.50. The summed E-state index contributed by atoms with van der Waals surface area (Å²) in [6.07, 6.45) is 2.63. The SMILES string of the molecule is CCS(=O)(=O)CCCC(O)CCC(C)C. The van der Waals surface area contributed by atoms with Gasteiger partial charge in [0.15, 0.2) is 0 Å². The van der Waals surface area contributed by atoms with Crippen molar-refractivity contribution >= 4 is 9.84 Å². The van der Waals surface area contributed by atoms with Crippen molar-refractivity contribution in [3.63, 3.8) is 0 Å². The molecule has 0 amide bonds. The molecule has 1 atom stereocenters. The second kappa shape index (κ2) is 7.23. The van der Waals surface area contributed by atoms with E-state index in [9.17, 15) is 13.5 Å². The molecule has 0 bridgehead atoms. The van der Waals surface area contributed by atoms with Crippen molar-refractivity contribution in [2.24, 2.45) is 5.92 Å². The normalized spacial score (nSPS) is 14.5. The number of hydrogen-bond donors (Lipinski definition) is 1. The Morgan fingerprint density at radius 1 is 1.13 bits per heavy atom. The van der Waals surface area contributed by atoms with Crippen molar-refractivity contribution in [1.82, 2.24) is 0 Å². The quantitative estimate of drug-likeness (QED) is 0.701. The summed E-state index contributed by atoms with van der Waals surface area (Å²) in [5.74, 6) is 1.01. The van der Waals surface area contributed by atoms with Crippen LogP contribution in [0, 0.1) is 5.92 Å². The van der Waals surface area contributed by atoms with Gasteiger partial charge in [-0.25, -0.2) is 8.42 Å². The summed E-state index contributed by atoms with van der Waals surface area (Å²) in [5, 5.41) is 9.57. The lowest BCUT2D eigenvalue weighted by Gasteiger charge is -2.11. The van der Waals surface area contributed by atoms with Crippen molar-refractivity contribution in [3.05, 3.63) is 0 Å². The van der Waals surface area contributed by atoms with Gasteiger partial charge >= 0.3 is 0 Å². The molecule has 0 aromatic heterocycles. The van der Waals surface area contributed by atoms with Gasteiger partial charge in [-0.2, -0.15) is 0 Å². The number of aliphatic hydroxyl groups is 1. The van der Waals surface area contributed by atoms with Crippen LogP contribution in [0.5, 0.6) is 0 Å². The molecule has 1 N–H and O–H groups in total. The van der Waals surface area contributed by atoms with Crippen LogP contribution in [-0.2, 0) is 9.84 Å². The minimum atomic E-state index is -2.86. The third-order valence-electron chi connectivity index (χ3n) is 2.51. The third kappa shape index (κ3) is 8.88. The molecule has 0 fully saturated rings. The molecule has 1 unspecified atom stereocenters. The highest BCUT2D eigenvalue weighted by molar-refractivity contribution is 7.91. The van der Waals surface area contributed by atoms with Crippen molar-refractivity contribution in [1.29, 1.82) is 0 Å². The van der Waals surface area contributed by atoms with E-state index in [2.05, 4.69) is 13.8 Å². The average molecular weight is 236 g/mol. The molecular formula is C11H24O3S. The first-order valence-corrected chi connectivity index (χ1v) is 7.58. The number of rotatable bonds is 8. The molecule has 4 heteroatoms. The van der Waals surface area contributed by atoms with Gasteiger partial charge in [-0.15, -0.1) is 0 Å². The highest BCUT2D eigenvalue weighted by Gasteiger charge is 2.10. The van der Waals surface area contributed by atoms with Gasteiger partial charge in [0, 0.05) is 5.75 Å². The first-order valence-electron chi connectivity index (χ1n) is 5.76. The van der Waals surface area contributed by atoms with Crippen LogP contribution in [0.4, 0.5) is 0 Å². The molecule has 0 spiro atoms. The van der Waals surface area contributed by atoms with Crippen LogP contribution >= 0.6 is 0 Å². The van der Waals surface area contributed by atoms with E-state index < -0.39 is 9.84 Å². The van der Waals surface area contributed by atoms with Gasteiger partial charge in [0.25, 0.3) is 0 Å². The molecule has 0 aliphatic carbocycles. The summed E-state index contributed by atoms with van der Waals surface area (Å²) in [4.78, 5) is 0. The van der Waals surface area contributed by atoms with E-state index in [0.29, 0.717) is 18.8 Å². The predicted molar refractivity (Wildman–Crippen MR) is 63.6 cm³/mol. The molecule has 0 aromatic carbocycles. The van der Waals surface area contributed by atoms with Gasteiger partial charge in [-0.05, 0) is 31.6 Å². The average Bonchev–Trinajstić information content (AvgIpc) is 2.14. The van der Waals surface area contributed by atoms with Crippen LogP contribution in [-0.4, -0.2) is 31.1 Å². The number of hydrogen-bond acceptors (Lipinski definition) is 3. The van der Waals surface area contributed by atoms with E-state index in [-0.39, 0.29) is 17.6 Å². The lowest BCUT2D eigenvalue weighted by Crippen LogP contribution is -2.13. The van der Waals surface area contributed by atoms with Crippen molar-refractivity contribution in [2.75, 3.05) is 11.5 Å². The molecule has 0 saturated heterocycles. The molecule has 3 nitrogen and oxygen atoms in total. The zero-order valence-corrected chi connectivity index (χ0v) is 10.9. The first kappa shape index (κ1) is 14.9. The van der Waals surface area contributed by atoms with Crippen LogP contribution in [0.1, 0.15) is 46.5 Å². The lowest BCUT2D eigenvalue weighted by molar-refractivity contribution is 0.146. The highest BCUT2D eigenvalue weighted by atomic mass is 32.2. The molecule has 0 aromatic rings. The molecule has 0 saturated carbocycles. The standard InChI is InChI=1S/C11H24O3S/c1-4-15(13,14)9-5-6-11(12)8-7-10(2)3/h10-12H,4-9H2,1-3H3. The maximum Gasteiger partial charge on any atom is 0.150 e. The summed E-state index contributed by atoms with van der Waals surface area (Å²) in [6.45, 7) is 5.90. The van der Waals surface area contributed by atoms with E-state index in [1.165, 1.54) is 0 Å². The van der Waals surface area contributed by atoms with Crippen LogP contribution in [0.15, 0.2) is 0 Å². The molecule has 92 valence electrons. The lowest BCUT2D eigenvalue weighted by atomic mass is 10.0. The Balaban J connectivity index is 3.59. The van der Waals surface area contributed by atoms with Crippen molar-refractivity contribution in [2.45, 2.75) is 52.6 Å². The summed E-state index contributed by atoms with van der Waals surface area (Å²) in [6, 6.07) is 0. The number of aliphatic hydroxyl groups excluding tert-OH is 1. The summed E-state index contributed by atoms with van der Waals surface area (Å²) in [7, 11) is -2.86. The first-order chi connectivity index (χ1) is 6.87. The Bertz CT molecular complexity index is 245. The van der Waals surface area contributed by atoms with Crippen LogP contribution in [0.25, 0.3) is 0 Å². The Morgan fingerprint density at radius 2 is 1.73 bits per heavy atom. The third-order valence-corrected chi connectivity index (χ3v) is 4.30. The molecule has 0 heterocycles. The maximum atomic E-state index is 11.2. The van der Waals surface area contributed by atoms with E-state index in [0.717, 1.165) is 12.8 Å². The Hall–Kier alpha value is -0.0900. The van der Waals surface area contributed by atoms with Gasteiger partial charge in [-0.1, -0.05) is 20.8 Å². The minimum absolute atomic E-state index is 0.203. The number of sulfone groups is 1. The van der Waals surface area contributed by atoms with Gasteiger partial charge in [0.05, 0.1) is 11.9 Å². The van der Waals surface area contributed by atoms with E-state index >= 15 is 0 Å². The molecule has 0 radical (unpaired) electrons. The Labute approximate surface area is 93.8 Å². The van der Waals surface area contributed by atoms with E-state index in [1.54, 1.807) is 6.92 Å². The van der Waals surface area contributed by atoms with Gasteiger partial charge in [0.2, 0.25) is 0 Å². The molecule has 0 aliphatic heterocycles. The Morgan fingerprint density at radius 3 is 2.20 bits per heavy atom. The second-order valence-corrected chi connectivity index (χ2v) is 6.98. The summed E-state index contributed by atoms with van der Waals surface area (Å²) in [5.41, 5.74) is 0. The van der Waals surface area contributed by atoms with E-state index in [4.69, 9.17) is 0 Å². The maximum absolute atomic E-state index is 11.2. The fourth-order valence-electron chi connectivity index (χ4n) is 1.35. The predicted octanol–water partition coefficient (Wildman–Crippen LogP) is 2.00. The molecule has 0 rings (SSSR count). The van der Waals surface area contributed by atoms with Crippen LogP contribution < -0.4 is 0 Å². The highest BCUT2D eigenvalue weighted by Crippen LogP contribution is 2.11. The van der Waals surface area contributed by atoms with E-state index in [1.807, 2.05) is 0 Å². The van der Waals surface area contributed by atoms with Gasteiger partial charge < -0.3 is 5.11 Å². The zero-order chi connectivity index (χ0) is 11.9. The van der Waals surface area contributed by atoms with Crippen molar-refractivity contribution in [3.8, 4) is 0 Å². The molecular weight excluding hydrogens is 212 g/mol. The van der Waals surface area contributed by atoms with Gasteiger partial charge in [-0.3, -0.25) is 0 Å². The fraction of sp³-hybridized carbons (Fsp3) is 1.00. The van der Waals surface area contributed by atoms with Crippen molar-refractivity contribution < 1.29 is 13.5 Å². The minimum Gasteiger partial charge on any atom is -0.393 e. The largest absolute Gasteiger partial charge is 0.393 e. The zero-order valence-electron chi connectivity index (χ0n) is 10.1. The van der Waals surface area contributed by atoms with Crippen LogP contribution in [0.3, 0.4) is 0 Å². The van der Waals surface area contributed by atoms with Gasteiger partial charge in [0.1, 0.15) is 9.84 Å². The summed E-state index contributed by atoms with van der Waals surface area (Å²) >= 11 is 0. The fourth-order valence-corrected chi connectivity index (χ4v) is 2.25. The topological polar surface area (TPSA) is 54.4 Å².